The molecule has 0 bridgehead atoms. The molecule has 37 heavy (non-hydrogen) atoms. The summed E-state index contributed by atoms with van der Waals surface area (Å²) in [6.07, 6.45) is -0.139. The van der Waals surface area contributed by atoms with E-state index in [1.807, 2.05) is 0 Å². The maximum absolute atomic E-state index is 14.9. The zero-order chi connectivity index (χ0) is 27.2. The fourth-order valence-corrected chi connectivity index (χ4v) is 4.01. The van der Waals surface area contributed by atoms with Gasteiger partial charge in [-0.1, -0.05) is 50.0 Å². The molecule has 3 rings (SSSR count). The normalized spacial score (nSPS) is 12.1. The number of carbonyl (C=O) groups excluding carboxylic acids is 1. The number of rotatable bonds is 10. The minimum Gasteiger partial charge on any atom is -0.491 e. The molecule has 0 aliphatic rings. The van der Waals surface area contributed by atoms with Crippen molar-refractivity contribution < 1.29 is 23.8 Å². The molecule has 3 N–H and O–H groups in total. The first-order valence-electron chi connectivity index (χ1n) is 11.7. The minimum absolute atomic E-state index is 0.0614. The van der Waals surface area contributed by atoms with Gasteiger partial charge in [-0.15, -0.1) is 0 Å². The molecular weight excluding hydrogens is 518 g/mol. The zero-order valence-electron chi connectivity index (χ0n) is 20.8. The average Bonchev–Trinajstić information content (AvgIpc) is 2.81. The van der Waals surface area contributed by atoms with Crippen molar-refractivity contribution in [3.05, 3.63) is 82.1 Å². The van der Waals surface area contributed by atoms with Gasteiger partial charge in [0, 0.05) is 45.0 Å². The highest BCUT2D eigenvalue weighted by Crippen LogP contribution is 2.34. The number of aliphatic carboxylic acids is 1. The number of amides is 1. The summed E-state index contributed by atoms with van der Waals surface area (Å²) in [7, 11) is 0. The van der Waals surface area contributed by atoms with E-state index in [1.54, 1.807) is 54.6 Å². The fraction of sp³-hybridized carbons (Fsp3) is 0.286. The van der Waals surface area contributed by atoms with Gasteiger partial charge in [0.1, 0.15) is 18.2 Å². The Bertz CT molecular complexity index is 1260. The quantitative estimate of drug-likeness (QED) is 0.257. The molecule has 0 spiro atoms. The van der Waals surface area contributed by atoms with Gasteiger partial charge in [0.05, 0.1) is 12.5 Å². The van der Waals surface area contributed by atoms with Crippen LogP contribution < -0.4 is 15.4 Å². The summed E-state index contributed by atoms with van der Waals surface area (Å²) < 4.78 is 20.8. The standard InChI is InChI=1S/C28H29Cl2FN2O4/c1-28(2,3)25(33-19-7-4-17(5-8-19)27(36)32-13-12-26(34)35)16-37-20-9-11-22(24(31)15-20)21-10-6-18(29)14-23(21)30/h4-11,14-15,25,33H,12-13,16H2,1-3H3,(H,32,36)(H,34,35). The number of carboxylic acid groups (broad SMARTS) is 1. The van der Waals surface area contributed by atoms with Crippen LogP contribution in [0.4, 0.5) is 10.1 Å². The molecule has 0 saturated carbocycles. The molecule has 1 unspecified atom stereocenters. The van der Waals surface area contributed by atoms with E-state index < -0.39 is 11.8 Å². The molecular formula is C28H29Cl2FN2O4. The first-order chi connectivity index (χ1) is 17.4. The Morgan fingerprint density at radius 3 is 2.27 bits per heavy atom. The maximum Gasteiger partial charge on any atom is 0.305 e. The molecule has 1 amide bonds. The third-order valence-corrected chi connectivity index (χ3v) is 6.28. The lowest BCUT2D eigenvalue weighted by Gasteiger charge is -2.32. The van der Waals surface area contributed by atoms with Crippen LogP contribution in [0.25, 0.3) is 11.1 Å². The third-order valence-electron chi connectivity index (χ3n) is 5.74. The van der Waals surface area contributed by atoms with E-state index in [9.17, 15) is 14.0 Å². The summed E-state index contributed by atoms with van der Waals surface area (Å²) in [4.78, 5) is 22.8. The van der Waals surface area contributed by atoms with Crippen LogP contribution >= 0.6 is 23.2 Å². The van der Waals surface area contributed by atoms with Crippen LogP contribution in [0.15, 0.2) is 60.7 Å². The zero-order valence-corrected chi connectivity index (χ0v) is 22.3. The Hall–Kier alpha value is -3.29. The van der Waals surface area contributed by atoms with Crippen molar-refractivity contribution in [2.75, 3.05) is 18.5 Å². The summed E-state index contributed by atoms with van der Waals surface area (Å²) in [6, 6.07) is 16.3. The molecule has 0 aromatic heterocycles. The highest BCUT2D eigenvalue weighted by atomic mass is 35.5. The minimum atomic E-state index is -0.972. The molecule has 0 aliphatic carbocycles. The third kappa shape index (κ3) is 8.10. The Morgan fingerprint density at radius 1 is 1.00 bits per heavy atom. The molecule has 0 aliphatic heterocycles. The molecule has 3 aromatic rings. The van der Waals surface area contributed by atoms with Gasteiger partial charge >= 0.3 is 5.97 Å². The van der Waals surface area contributed by atoms with Crippen LogP contribution in [0.2, 0.25) is 10.0 Å². The second-order valence-corrected chi connectivity index (χ2v) is 10.5. The predicted molar refractivity (Wildman–Crippen MR) is 145 cm³/mol. The summed E-state index contributed by atoms with van der Waals surface area (Å²) in [5, 5.41) is 15.5. The van der Waals surface area contributed by atoms with Gasteiger partial charge in [-0.2, -0.15) is 0 Å². The van der Waals surface area contributed by atoms with Gasteiger partial charge in [0.25, 0.3) is 5.91 Å². The molecule has 6 nitrogen and oxygen atoms in total. The summed E-state index contributed by atoms with van der Waals surface area (Å²) in [5.41, 5.74) is 1.90. The van der Waals surface area contributed by atoms with E-state index in [-0.39, 0.29) is 36.9 Å². The number of hydrogen-bond acceptors (Lipinski definition) is 4. The number of anilines is 1. The molecule has 0 fully saturated rings. The highest BCUT2D eigenvalue weighted by molar-refractivity contribution is 6.36. The molecule has 0 heterocycles. The number of carboxylic acids is 1. The van der Waals surface area contributed by atoms with Gasteiger partial charge in [0.15, 0.2) is 0 Å². The molecule has 196 valence electrons. The number of carbonyl (C=O) groups is 2. The van der Waals surface area contributed by atoms with Crippen LogP contribution in [0, 0.1) is 11.2 Å². The molecule has 1 atom stereocenters. The number of nitrogens with one attached hydrogen (secondary N) is 2. The Kier molecular flexibility index (Phi) is 9.40. The number of halogens is 3. The van der Waals surface area contributed by atoms with E-state index in [2.05, 4.69) is 31.4 Å². The van der Waals surface area contributed by atoms with E-state index in [0.717, 1.165) is 5.69 Å². The summed E-state index contributed by atoms with van der Waals surface area (Å²) >= 11 is 12.2. The average molecular weight is 547 g/mol. The number of benzene rings is 3. The molecule has 0 saturated heterocycles. The largest absolute Gasteiger partial charge is 0.491 e. The fourth-order valence-electron chi connectivity index (χ4n) is 3.50. The van der Waals surface area contributed by atoms with Gasteiger partial charge in [-0.05, 0) is 53.9 Å². The summed E-state index contributed by atoms with van der Waals surface area (Å²) in [5.74, 6) is -1.39. The van der Waals surface area contributed by atoms with E-state index in [0.29, 0.717) is 32.5 Å². The van der Waals surface area contributed by atoms with Gasteiger partial charge in [-0.25, -0.2) is 4.39 Å². The molecule has 0 radical (unpaired) electrons. The first-order valence-corrected chi connectivity index (χ1v) is 12.4. The highest BCUT2D eigenvalue weighted by Gasteiger charge is 2.25. The Labute approximate surface area is 225 Å². The first kappa shape index (κ1) is 28.3. The van der Waals surface area contributed by atoms with Crippen molar-refractivity contribution in [3.8, 4) is 16.9 Å². The van der Waals surface area contributed by atoms with Gasteiger partial charge in [0.2, 0.25) is 0 Å². The molecule has 3 aromatic carbocycles. The second-order valence-electron chi connectivity index (χ2n) is 9.62. The van der Waals surface area contributed by atoms with Crippen molar-refractivity contribution in [1.82, 2.24) is 5.32 Å². The van der Waals surface area contributed by atoms with Crippen molar-refractivity contribution >= 4 is 40.8 Å². The van der Waals surface area contributed by atoms with Crippen LogP contribution in [-0.4, -0.2) is 36.2 Å². The van der Waals surface area contributed by atoms with E-state index in [4.69, 9.17) is 33.0 Å². The lowest BCUT2D eigenvalue weighted by Crippen LogP contribution is -2.39. The monoisotopic (exact) mass is 546 g/mol. The Morgan fingerprint density at radius 2 is 1.68 bits per heavy atom. The van der Waals surface area contributed by atoms with Crippen LogP contribution in [-0.2, 0) is 4.79 Å². The van der Waals surface area contributed by atoms with Crippen molar-refractivity contribution in [3.63, 3.8) is 0 Å². The number of ether oxygens (including phenoxy) is 1. The van der Waals surface area contributed by atoms with Crippen molar-refractivity contribution in [2.24, 2.45) is 5.41 Å². The molecule has 9 heteroatoms. The topological polar surface area (TPSA) is 87.7 Å². The maximum atomic E-state index is 14.9. The number of hydrogen-bond donors (Lipinski definition) is 3. The summed E-state index contributed by atoms with van der Waals surface area (Å²) in [6.45, 7) is 6.51. The van der Waals surface area contributed by atoms with E-state index in [1.165, 1.54) is 6.07 Å². The van der Waals surface area contributed by atoms with Crippen molar-refractivity contribution in [2.45, 2.75) is 33.2 Å². The van der Waals surface area contributed by atoms with Gasteiger partial charge < -0.3 is 20.5 Å². The van der Waals surface area contributed by atoms with Gasteiger partial charge in [-0.3, -0.25) is 9.59 Å². The SMILES string of the molecule is CC(C)(C)C(COc1ccc(-c2ccc(Cl)cc2Cl)c(F)c1)Nc1ccc(C(=O)NCCC(=O)O)cc1. The van der Waals surface area contributed by atoms with E-state index >= 15 is 0 Å². The van der Waals surface area contributed by atoms with Crippen LogP contribution in [0.1, 0.15) is 37.6 Å². The second kappa shape index (κ2) is 12.3. The van der Waals surface area contributed by atoms with Crippen LogP contribution in [0.3, 0.4) is 0 Å². The lowest BCUT2D eigenvalue weighted by atomic mass is 9.87. The smallest absolute Gasteiger partial charge is 0.305 e. The predicted octanol–water partition coefficient (Wildman–Crippen LogP) is 6.91. The Balaban J connectivity index is 1.65. The van der Waals surface area contributed by atoms with Crippen LogP contribution in [0.5, 0.6) is 5.75 Å². The van der Waals surface area contributed by atoms with Crippen molar-refractivity contribution in [1.29, 1.82) is 0 Å². The lowest BCUT2D eigenvalue weighted by molar-refractivity contribution is -0.136.